The summed E-state index contributed by atoms with van der Waals surface area (Å²) in [4.78, 5) is 13.0. The highest BCUT2D eigenvalue weighted by Crippen LogP contribution is 2.33. The lowest BCUT2D eigenvalue weighted by atomic mass is 10.1. The third-order valence-corrected chi connectivity index (χ3v) is 5.60. The summed E-state index contributed by atoms with van der Waals surface area (Å²) in [5.74, 6) is 1.10. The van der Waals surface area contributed by atoms with Gasteiger partial charge in [0.25, 0.3) is 0 Å². The number of aromatic nitrogens is 3. The monoisotopic (exact) mass is 406 g/mol. The fourth-order valence-corrected chi connectivity index (χ4v) is 4.26. The summed E-state index contributed by atoms with van der Waals surface area (Å²) in [6.07, 6.45) is -4.35. The number of aryl methyl sites for hydroxylation is 2. The van der Waals surface area contributed by atoms with Crippen LogP contribution < -0.4 is 0 Å². The molecule has 1 aromatic carbocycles. The van der Waals surface area contributed by atoms with E-state index in [0.29, 0.717) is 38.4 Å². The molecule has 0 aliphatic carbocycles. The molecule has 3 rings (SSSR count). The van der Waals surface area contributed by atoms with E-state index in [1.54, 1.807) is 13.8 Å². The van der Waals surface area contributed by atoms with Crippen LogP contribution in [0.5, 0.6) is 0 Å². The molecule has 0 N–H and O–H groups in total. The van der Waals surface area contributed by atoms with Crippen molar-refractivity contribution in [3.63, 3.8) is 0 Å². The number of nitrogens with zero attached hydrogens (tertiary/aromatic N) is 4. The van der Waals surface area contributed by atoms with Crippen LogP contribution in [0.1, 0.15) is 28.3 Å². The van der Waals surface area contributed by atoms with Crippen LogP contribution in [0.15, 0.2) is 34.7 Å². The standard InChI is InChI=1S/C18H13F3N4S2/c1-10-15(7-22)17(24-11(2)23-10)27-9-14-8-26-16(25-14)12-3-5-13(6-4-12)18(19,20)21/h3-6,8H,9H2,1-2H3. The second-order valence-electron chi connectivity index (χ2n) is 5.66. The Kier molecular flexibility index (Phi) is 5.48. The highest BCUT2D eigenvalue weighted by molar-refractivity contribution is 7.98. The Hall–Kier alpha value is -2.44. The van der Waals surface area contributed by atoms with Crippen molar-refractivity contribution in [1.29, 1.82) is 5.26 Å². The number of alkyl halides is 3. The lowest BCUT2D eigenvalue weighted by molar-refractivity contribution is -0.137. The van der Waals surface area contributed by atoms with Crippen molar-refractivity contribution in [2.75, 3.05) is 0 Å². The van der Waals surface area contributed by atoms with Gasteiger partial charge in [-0.1, -0.05) is 23.9 Å². The minimum absolute atomic E-state index is 0.448. The first-order chi connectivity index (χ1) is 12.8. The molecular weight excluding hydrogens is 393 g/mol. The van der Waals surface area contributed by atoms with Crippen LogP contribution in [0.25, 0.3) is 10.6 Å². The molecule has 0 radical (unpaired) electrons. The number of rotatable bonds is 4. The molecule has 27 heavy (non-hydrogen) atoms. The molecule has 3 aromatic rings. The predicted molar refractivity (Wildman–Crippen MR) is 98.3 cm³/mol. The molecule has 0 fully saturated rings. The minimum Gasteiger partial charge on any atom is -0.240 e. The fraction of sp³-hybridized carbons (Fsp3) is 0.222. The maximum absolute atomic E-state index is 12.7. The molecule has 4 nitrogen and oxygen atoms in total. The molecule has 0 spiro atoms. The van der Waals surface area contributed by atoms with Crippen LogP contribution in [0, 0.1) is 25.2 Å². The van der Waals surface area contributed by atoms with Crippen LogP contribution >= 0.6 is 23.1 Å². The average Bonchev–Trinajstić information content (AvgIpc) is 3.08. The van der Waals surface area contributed by atoms with E-state index in [2.05, 4.69) is 21.0 Å². The van der Waals surface area contributed by atoms with E-state index in [1.165, 1.54) is 35.2 Å². The zero-order valence-electron chi connectivity index (χ0n) is 14.3. The normalized spacial score (nSPS) is 11.4. The molecule has 138 valence electrons. The fourth-order valence-electron chi connectivity index (χ4n) is 2.36. The van der Waals surface area contributed by atoms with E-state index in [9.17, 15) is 18.4 Å². The Morgan fingerprint density at radius 2 is 1.81 bits per heavy atom. The quantitative estimate of drug-likeness (QED) is 0.429. The van der Waals surface area contributed by atoms with Gasteiger partial charge in [0, 0.05) is 16.7 Å². The number of hydrogen-bond donors (Lipinski definition) is 0. The molecule has 0 bridgehead atoms. The SMILES string of the molecule is Cc1nc(C)c(C#N)c(SCc2csc(-c3ccc(C(F)(F)F)cc3)n2)n1. The van der Waals surface area contributed by atoms with Crippen molar-refractivity contribution in [2.45, 2.75) is 30.8 Å². The van der Waals surface area contributed by atoms with E-state index < -0.39 is 11.7 Å². The Morgan fingerprint density at radius 3 is 2.44 bits per heavy atom. The van der Waals surface area contributed by atoms with Crippen molar-refractivity contribution in [3.05, 3.63) is 58.0 Å². The molecule has 0 saturated carbocycles. The van der Waals surface area contributed by atoms with Gasteiger partial charge in [0.2, 0.25) is 0 Å². The minimum atomic E-state index is -4.35. The molecule has 0 aliphatic heterocycles. The lowest BCUT2D eigenvalue weighted by Gasteiger charge is -2.06. The summed E-state index contributed by atoms with van der Waals surface area (Å²) < 4.78 is 38.0. The van der Waals surface area contributed by atoms with Crippen LogP contribution in [0.3, 0.4) is 0 Å². The van der Waals surface area contributed by atoms with Gasteiger partial charge in [0.1, 0.15) is 27.5 Å². The lowest BCUT2D eigenvalue weighted by Crippen LogP contribution is -2.03. The molecular formula is C18H13F3N4S2. The topological polar surface area (TPSA) is 62.5 Å². The van der Waals surface area contributed by atoms with E-state index in [0.717, 1.165) is 17.8 Å². The summed E-state index contributed by atoms with van der Waals surface area (Å²) in [6.45, 7) is 3.53. The summed E-state index contributed by atoms with van der Waals surface area (Å²) in [5.41, 5.74) is 1.81. The van der Waals surface area contributed by atoms with E-state index in [1.807, 2.05) is 5.38 Å². The van der Waals surface area contributed by atoms with E-state index >= 15 is 0 Å². The molecule has 9 heteroatoms. The zero-order valence-corrected chi connectivity index (χ0v) is 16.0. The number of benzene rings is 1. The Balaban J connectivity index is 1.75. The first-order valence-corrected chi connectivity index (χ1v) is 9.64. The molecule has 0 amide bonds. The molecule has 0 saturated heterocycles. The van der Waals surface area contributed by atoms with Crippen LogP contribution in [-0.2, 0) is 11.9 Å². The van der Waals surface area contributed by atoms with Gasteiger partial charge in [-0.05, 0) is 26.0 Å². The molecule has 2 heterocycles. The van der Waals surface area contributed by atoms with Gasteiger partial charge in [0.05, 0.1) is 17.0 Å². The van der Waals surface area contributed by atoms with Crippen LogP contribution in [0.2, 0.25) is 0 Å². The predicted octanol–water partition coefficient (Wildman–Crippen LogP) is 5.40. The zero-order chi connectivity index (χ0) is 19.6. The maximum atomic E-state index is 12.7. The van der Waals surface area contributed by atoms with Gasteiger partial charge >= 0.3 is 6.18 Å². The van der Waals surface area contributed by atoms with Crippen LogP contribution in [-0.4, -0.2) is 15.0 Å². The van der Waals surface area contributed by atoms with Crippen molar-refractivity contribution < 1.29 is 13.2 Å². The number of nitriles is 1. The van der Waals surface area contributed by atoms with Gasteiger partial charge in [-0.25, -0.2) is 15.0 Å². The number of thiazole rings is 1. The van der Waals surface area contributed by atoms with Gasteiger partial charge in [0.15, 0.2) is 0 Å². The van der Waals surface area contributed by atoms with Crippen molar-refractivity contribution in [1.82, 2.24) is 15.0 Å². The van der Waals surface area contributed by atoms with Gasteiger partial charge in [-0.15, -0.1) is 11.3 Å². The summed E-state index contributed by atoms with van der Waals surface area (Å²) >= 11 is 2.75. The highest BCUT2D eigenvalue weighted by Gasteiger charge is 2.30. The van der Waals surface area contributed by atoms with Gasteiger partial charge < -0.3 is 0 Å². The Labute approximate surface area is 162 Å². The maximum Gasteiger partial charge on any atom is 0.416 e. The molecule has 0 atom stereocenters. The number of hydrogen-bond acceptors (Lipinski definition) is 6. The number of thioether (sulfide) groups is 1. The van der Waals surface area contributed by atoms with Crippen molar-refractivity contribution >= 4 is 23.1 Å². The average molecular weight is 406 g/mol. The van der Waals surface area contributed by atoms with Gasteiger partial charge in [-0.2, -0.15) is 18.4 Å². The summed E-state index contributed by atoms with van der Waals surface area (Å²) in [5, 5.41) is 12.4. The van der Waals surface area contributed by atoms with Crippen molar-refractivity contribution in [3.8, 4) is 16.6 Å². The van der Waals surface area contributed by atoms with E-state index in [-0.39, 0.29) is 0 Å². The van der Waals surface area contributed by atoms with Crippen LogP contribution in [0.4, 0.5) is 13.2 Å². The third kappa shape index (κ3) is 4.46. The molecule has 0 unspecified atom stereocenters. The second-order valence-corrected chi connectivity index (χ2v) is 7.48. The Bertz CT molecular complexity index is 1000. The smallest absolute Gasteiger partial charge is 0.240 e. The number of halogens is 3. The second kappa shape index (κ2) is 7.66. The first kappa shape index (κ1) is 19.3. The summed E-state index contributed by atoms with van der Waals surface area (Å²) in [6, 6.07) is 7.07. The Morgan fingerprint density at radius 1 is 1.11 bits per heavy atom. The third-order valence-electron chi connectivity index (χ3n) is 3.65. The first-order valence-electron chi connectivity index (χ1n) is 7.78. The molecule has 2 aromatic heterocycles. The largest absolute Gasteiger partial charge is 0.416 e. The van der Waals surface area contributed by atoms with E-state index in [4.69, 9.17) is 0 Å². The molecule has 0 aliphatic rings. The highest BCUT2D eigenvalue weighted by atomic mass is 32.2. The van der Waals surface area contributed by atoms with Gasteiger partial charge in [-0.3, -0.25) is 0 Å². The summed E-state index contributed by atoms with van der Waals surface area (Å²) in [7, 11) is 0. The van der Waals surface area contributed by atoms with Crippen molar-refractivity contribution in [2.24, 2.45) is 0 Å².